The molecular formula is C21H32O3. The van der Waals surface area contributed by atoms with Crippen LogP contribution in [0.1, 0.15) is 74.8 Å². The summed E-state index contributed by atoms with van der Waals surface area (Å²) in [6, 6.07) is 0. The van der Waals surface area contributed by atoms with Crippen molar-refractivity contribution in [3.05, 3.63) is 11.6 Å². The number of rotatable bonds is 1. The average Bonchev–Trinajstić information content (AvgIpc) is 2.73. The molecule has 0 saturated heterocycles. The van der Waals surface area contributed by atoms with Crippen molar-refractivity contribution in [3.63, 3.8) is 0 Å². The molecule has 0 amide bonds. The molecule has 2 N–H and O–H groups in total. The monoisotopic (exact) mass is 336 g/mol. The fourth-order valence-corrected chi connectivity index (χ4v) is 6.77. The van der Waals surface area contributed by atoms with Gasteiger partial charge in [0.2, 0.25) is 0 Å². The number of allylic oxidation sites excluding steroid dienone is 1. The lowest BCUT2D eigenvalue weighted by Gasteiger charge is -2.58. The summed E-state index contributed by atoms with van der Waals surface area (Å²) in [6.45, 7) is 5.62. The zero-order valence-corrected chi connectivity index (χ0v) is 15.1. The van der Waals surface area contributed by atoms with Gasteiger partial charge in [0, 0.05) is 8.16 Å². The van der Waals surface area contributed by atoms with Crippen LogP contribution in [-0.2, 0) is 4.79 Å². The molecule has 0 unspecified atom stereocenters. The summed E-state index contributed by atoms with van der Waals surface area (Å²) in [4.78, 5) is 12.4. The van der Waals surface area contributed by atoms with Crippen molar-refractivity contribution >= 4 is 5.78 Å². The van der Waals surface area contributed by atoms with E-state index in [2.05, 4.69) is 13.0 Å². The summed E-state index contributed by atoms with van der Waals surface area (Å²) in [5.41, 5.74) is -1.13. The van der Waals surface area contributed by atoms with Crippen molar-refractivity contribution in [1.82, 2.24) is 0 Å². The second-order valence-electron chi connectivity index (χ2n) is 9.26. The first kappa shape index (κ1) is 14.5. The van der Waals surface area contributed by atoms with E-state index < -0.39 is 23.2 Å². The lowest BCUT2D eigenvalue weighted by molar-refractivity contribution is -0.159. The van der Waals surface area contributed by atoms with Crippen LogP contribution >= 0.6 is 0 Å². The lowest BCUT2D eigenvalue weighted by atomic mass is 9.47. The summed E-state index contributed by atoms with van der Waals surface area (Å²) in [5, 5.41) is 21.4. The third-order valence-electron chi connectivity index (χ3n) is 8.38. The smallest absolute Gasteiger partial charge is 0.161 e. The second kappa shape index (κ2) is 5.17. The van der Waals surface area contributed by atoms with Gasteiger partial charge in [-0.2, -0.15) is 0 Å². The predicted molar refractivity (Wildman–Crippen MR) is 93.3 cm³/mol. The van der Waals surface area contributed by atoms with Gasteiger partial charge < -0.3 is 10.2 Å². The normalized spacial score (nSPS) is 57.0. The fourth-order valence-electron chi connectivity index (χ4n) is 6.77. The van der Waals surface area contributed by atoms with E-state index in [4.69, 9.17) is 2.74 Å². The van der Waals surface area contributed by atoms with Crippen LogP contribution in [0.3, 0.4) is 0 Å². The molecule has 3 fully saturated rings. The Morgan fingerprint density at radius 2 is 2.00 bits per heavy atom. The minimum absolute atomic E-state index is 0.0200. The zero-order valence-electron chi connectivity index (χ0n) is 17.1. The Morgan fingerprint density at radius 1 is 1.25 bits per heavy atom. The van der Waals surface area contributed by atoms with Crippen molar-refractivity contribution in [1.29, 1.82) is 0 Å². The molecule has 3 saturated carbocycles. The molecule has 0 radical (unpaired) electrons. The van der Waals surface area contributed by atoms with Crippen LogP contribution in [-0.4, -0.2) is 27.7 Å². The Balaban J connectivity index is 1.75. The first-order valence-corrected chi connectivity index (χ1v) is 9.58. The predicted octanol–water partition coefficient (Wildman–Crippen LogP) is 3.63. The molecule has 0 aromatic rings. The maximum absolute atomic E-state index is 12.4. The Bertz CT molecular complexity index is 674. The van der Waals surface area contributed by atoms with Crippen LogP contribution in [0.2, 0.25) is 0 Å². The van der Waals surface area contributed by atoms with Gasteiger partial charge in [0.15, 0.2) is 5.78 Å². The van der Waals surface area contributed by atoms with Crippen LogP contribution in [0.4, 0.5) is 0 Å². The minimum atomic E-state index is -1.89. The van der Waals surface area contributed by atoms with Gasteiger partial charge in [-0.1, -0.05) is 25.5 Å². The van der Waals surface area contributed by atoms with E-state index in [-0.39, 0.29) is 23.9 Å². The molecule has 4 aliphatic rings. The molecule has 0 spiro atoms. The molecule has 0 aromatic carbocycles. The Morgan fingerprint density at radius 3 is 2.71 bits per heavy atom. The molecule has 134 valence electrons. The maximum Gasteiger partial charge on any atom is 0.161 e. The summed E-state index contributed by atoms with van der Waals surface area (Å²) in [5.74, 6) is 0.357. The van der Waals surface area contributed by atoms with Gasteiger partial charge in [-0.05, 0) is 81.4 Å². The molecule has 0 bridgehead atoms. The highest BCUT2D eigenvalue weighted by Crippen LogP contribution is 2.67. The van der Waals surface area contributed by atoms with Crippen LogP contribution in [0, 0.1) is 28.6 Å². The molecule has 7 atom stereocenters. The zero-order chi connectivity index (χ0) is 19.1. The molecule has 3 heteroatoms. The van der Waals surface area contributed by atoms with Crippen LogP contribution in [0.5, 0.6) is 0 Å². The van der Waals surface area contributed by atoms with Crippen molar-refractivity contribution in [2.24, 2.45) is 28.6 Å². The average molecular weight is 336 g/mol. The summed E-state index contributed by atoms with van der Waals surface area (Å²) in [7, 11) is 0. The highest BCUT2D eigenvalue weighted by molar-refractivity contribution is 5.86. The number of aliphatic hydroxyl groups is 2. The van der Waals surface area contributed by atoms with Crippen molar-refractivity contribution in [2.75, 3.05) is 0 Å². The maximum atomic E-state index is 12.4. The van der Waals surface area contributed by atoms with Crippen molar-refractivity contribution < 1.29 is 17.7 Å². The number of carbonyl (C=O) groups excluding carboxylic acids is 1. The largest absolute Gasteiger partial charge is 0.393 e. The number of hydrogen-bond donors (Lipinski definition) is 2. The Hall–Kier alpha value is -0.670. The number of fused-ring (bicyclic) bond motifs is 5. The van der Waals surface area contributed by atoms with Gasteiger partial charge in [-0.15, -0.1) is 0 Å². The third kappa shape index (κ3) is 1.94. The van der Waals surface area contributed by atoms with E-state index in [1.165, 1.54) is 12.5 Å². The summed E-state index contributed by atoms with van der Waals surface area (Å²) in [6.07, 6.45) is 5.52. The van der Waals surface area contributed by atoms with E-state index in [0.717, 1.165) is 32.1 Å². The molecule has 0 aromatic heterocycles. The number of carbonyl (C=O) groups is 1. The standard InChI is InChI=1S/C21H32O3/c1-13(22)21(24)11-8-18-16-5-4-14-12-15(23)6-9-19(14,2)17(16)7-10-20(18,21)3/h4,15-18,23-24H,5-12H2,1-3H3/t15-,16+,17-,18-,19-,20-,21-/m0/s1/i1+1,11D2,13+1. The molecule has 24 heavy (non-hydrogen) atoms. The summed E-state index contributed by atoms with van der Waals surface area (Å²) >= 11 is 0. The van der Waals surface area contributed by atoms with Crippen LogP contribution < -0.4 is 0 Å². The molecule has 3 nitrogen and oxygen atoms in total. The molecule has 0 heterocycles. The van der Waals surface area contributed by atoms with Crippen molar-refractivity contribution in [3.8, 4) is 0 Å². The first-order valence-electron chi connectivity index (χ1n) is 10.6. The van der Waals surface area contributed by atoms with Gasteiger partial charge in [0.05, 0.1) is 6.10 Å². The number of aliphatic hydroxyl groups excluding tert-OH is 1. The van der Waals surface area contributed by atoms with Crippen LogP contribution in [0.15, 0.2) is 11.6 Å². The third-order valence-corrected chi connectivity index (χ3v) is 8.38. The molecular weight excluding hydrogens is 302 g/mol. The Labute approximate surface area is 148 Å². The molecule has 4 aliphatic carbocycles. The van der Waals surface area contributed by atoms with E-state index in [1.807, 2.05) is 6.92 Å². The van der Waals surface area contributed by atoms with Gasteiger partial charge in [0.1, 0.15) is 5.60 Å². The van der Waals surface area contributed by atoms with Crippen LogP contribution in [0.25, 0.3) is 0 Å². The number of hydrogen-bond acceptors (Lipinski definition) is 3. The van der Waals surface area contributed by atoms with E-state index in [0.29, 0.717) is 18.3 Å². The van der Waals surface area contributed by atoms with Crippen molar-refractivity contribution in [2.45, 2.75) is 83.8 Å². The number of Topliss-reactive ketones (excluding diaryl/α,β-unsaturated/α-hetero) is 1. The van der Waals surface area contributed by atoms with Gasteiger partial charge in [-0.25, -0.2) is 0 Å². The van der Waals surface area contributed by atoms with Gasteiger partial charge >= 0.3 is 0 Å². The number of ketones is 1. The first-order chi connectivity index (χ1) is 12.0. The highest BCUT2D eigenvalue weighted by atomic mass is 16.3. The highest BCUT2D eigenvalue weighted by Gasteiger charge is 2.65. The Kier molecular flexibility index (Phi) is 3.12. The fraction of sp³-hybridized carbons (Fsp3) is 0.857. The SMILES string of the molecule is [2H]C1([2H])C[C@H]2[C@@H]3CC=C4C[C@@H](O)CC[C@]4(C)[C@H]3CC[C@]2(C)[C@@]1(O)[13C]([13CH3])=O. The topological polar surface area (TPSA) is 57.5 Å². The lowest BCUT2D eigenvalue weighted by Crippen LogP contribution is -2.56. The van der Waals surface area contributed by atoms with E-state index in [1.54, 1.807) is 0 Å². The van der Waals surface area contributed by atoms with Gasteiger partial charge in [-0.3, -0.25) is 4.79 Å². The molecule has 4 rings (SSSR count). The minimum Gasteiger partial charge on any atom is -0.393 e. The molecule has 0 aliphatic heterocycles. The quantitative estimate of drug-likeness (QED) is 0.568. The van der Waals surface area contributed by atoms with E-state index in [9.17, 15) is 15.0 Å². The summed E-state index contributed by atoms with van der Waals surface area (Å²) < 4.78 is 17.0. The van der Waals surface area contributed by atoms with Gasteiger partial charge in [0.25, 0.3) is 0 Å². The second-order valence-corrected chi connectivity index (χ2v) is 9.26. The van der Waals surface area contributed by atoms with E-state index >= 15 is 0 Å².